The van der Waals surface area contributed by atoms with Gasteiger partial charge in [-0.15, -0.1) is 0 Å². The standard InChI is InChI=1S/C7H12N2O6/c1-14-7-6(11)5(9-13)4(8-12)3(2-10)15-7/h3-7,10-11H,2H2,1H3/t3-,4-,5+,6-,7+/m1/s1. The van der Waals surface area contributed by atoms with Crippen LogP contribution in [0.25, 0.3) is 0 Å². The molecule has 0 saturated carbocycles. The molecule has 1 aliphatic heterocycles. The SMILES string of the molecule is CO[C@H]1O[C@H](CO)[C@@H](N=O)[C@H](N=O)[C@H]1O. The quantitative estimate of drug-likeness (QED) is 0.585. The van der Waals surface area contributed by atoms with E-state index in [1.165, 1.54) is 7.11 Å². The number of nitroso groups, excluding NO2 is 2. The molecule has 1 aliphatic rings. The zero-order valence-electron chi connectivity index (χ0n) is 8.02. The molecule has 0 bridgehead atoms. The Bertz CT molecular complexity index is 238. The minimum absolute atomic E-state index is 0.505. The number of nitrogens with zero attached hydrogens (tertiary/aromatic N) is 2. The van der Waals surface area contributed by atoms with E-state index >= 15 is 0 Å². The molecular weight excluding hydrogens is 208 g/mol. The molecule has 0 amide bonds. The second kappa shape index (κ2) is 5.21. The third-order valence-corrected chi connectivity index (χ3v) is 2.32. The van der Waals surface area contributed by atoms with Gasteiger partial charge in [-0.3, -0.25) is 0 Å². The summed E-state index contributed by atoms with van der Waals surface area (Å²) in [7, 11) is 1.26. The van der Waals surface area contributed by atoms with Gasteiger partial charge >= 0.3 is 0 Å². The van der Waals surface area contributed by atoms with Gasteiger partial charge < -0.3 is 19.7 Å². The van der Waals surface area contributed by atoms with Crippen molar-refractivity contribution >= 4 is 0 Å². The highest BCUT2D eigenvalue weighted by Crippen LogP contribution is 2.25. The third kappa shape index (κ3) is 2.17. The van der Waals surface area contributed by atoms with Crippen LogP contribution in [-0.2, 0) is 9.47 Å². The molecule has 0 aromatic rings. The van der Waals surface area contributed by atoms with E-state index in [-0.39, 0.29) is 0 Å². The maximum atomic E-state index is 10.5. The van der Waals surface area contributed by atoms with Crippen molar-refractivity contribution in [3.63, 3.8) is 0 Å². The van der Waals surface area contributed by atoms with Gasteiger partial charge in [0, 0.05) is 7.11 Å². The van der Waals surface area contributed by atoms with E-state index in [1.54, 1.807) is 0 Å². The Balaban J connectivity index is 2.87. The zero-order valence-corrected chi connectivity index (χ0v) is 8.02. The summed E-state index contributed by atoms with van der Waals surface area (Å²) >= 11 is 0. The second-order valence-corrected chi connectivity index (χ2v) is 3.14. The van der Waals surface area contributed by atoms with Gasteiger partial charge in [0.15, 0.2) is 12.3 Å². The number of methoxy groups -OCH3 is 1. The average molecular weight is 220 g/mol. The fraction of sp³-hybridized carbons (Fsp3) is 1.00. The summed E-state index contributed by atoms with van der Waals surface area (Å²) in [6.07, 6.45) is -3.45. The summed E-state index contributed by atoms with van der Waals surface area (Å²) in [6.45, 7) is -0.505. The van der Waals surface area contributed by atoms with E-state index in [1.807, 2.05) is 0 Å². The second-order valence-electron chi connectivity index (χ2n) is 3.14. The Morgan fingerprint density at radius 1 is 1.33 bits per heavy atom. The maximum Gasteiger partial charge on any atom is 0.185 e. The van der Waals surface area contributed by atoms with Crippen LogP contribution in [0.1, 0.15) is 0 Å². The van der Waals surface area contributed by atoms with E-state index in [2.05, 4.69) is 10.4 Å². The molecule has 1 rings (SSSR count). The Morgan fingerprint density at radius 2 is 1.93 bits per heavy atom. The Kier molecular flexibility index (Phi) is 4.21. The van der Waals surface area contributed by atoms with Crippen LogP contribution in [0.5, 0.6) is 0 Å². The molecule has 15 heavy (non-hydrogen) atoms. The lowest BCUT2D eigenvalue weighted by molar-refractivity contribution is -0.244. The highest BCUT2D eigenvalue weighted by Gasteiger charge is 2.47. The molecule has 0 aliphatic carbocycles. The molecule has 1 saturated heterocycles. The largest absolute Gasteiger partial charge is 0.394 e. The van der Waals surface area contributed by atoms with Crippen LogP contribution in [0.4, 0.5) is 0 Å². The summed E-state index contributed by atoms with van der Waals surface area (Å²) in [5.41, 5.74) is 0. The molecule has 86 valence electrons. The Labute approximate surface area is 85.1 Å². The maximum absolute atomic E-state index is 10.5. The molecule has 8 nitrogen and oxygen atoms in total. The van der Waals surface area contributed by atoms with E-state index in [0.717, 1.165) is 0 Å². The normalized spacial score (nSPS) is 41.1. The van der Waals surface area contributed by atoms with Crippen LogP contribution in [0.3, 0.4) is 0 Å². The fourth-order valence-corrected chi connectivity index (χ4v) is 1.52. The number of aliphatic hydroxyl groups excluding tert-OH is 2. The smallest absolute Gasteiger partial charge is 0.185 e. The van der Waals surface area contributed by atoms with Crippen LogP contribution in [-0.4, -0.2) is 54.5 Å². The van der Waals surface area contributed by atoms with Crippen molar-refractivity contribution in [2.45, 2.75) is 30.6 Å². The van der Waals surface area contributed by atoms with Gasteiger partial charge in [-0.2, -0.15) is 9.81 Å². The highest BCUT2D eigenvalue weighted by molar-refractivity contribution is 4.98. The highest BCUT2D eigenvalue weighted by atomic mass is 16.7. The van der Waals surface area contributed by atoms with Gasteiger partial charge in [0.1, 0.15) is 18.2 Å². The zero-order chi connectivity index (χ0) is 11.4. The number of hydrogen-bond donors (Lipinski definition) is 2. The number of rotatable bonds is 4. The van der Waals surface area contributed by atoms with Crippen LogP contribution in [0.15, 0.2) is 10.4 Å². The lowest BCUT2D eigenvalue weighted by Gasteiger charge is -2.37. The molecule has 5 atom stereocenters. The summed E-state index contributed by atoms with van der Waals surface area (Å²) in [4.78, 5) is 20.9. The van der Waals surface area contributed by atoms with Gasteiger partial charge in [-0.1, -0.05) is 10.4 Å². The summed E-state index contributed by atoms with van der Waals surface area (Å²) in [5.74, 6) is 0. The predicted molar refractivity (Wildman–Crippen MR) is 47.9 cm³/mol. The Morgan fingerprint density at radius 3 is 2.33 bits per heavy atom. The lowest BCUT2D eigenvalue weighted by Crippen LogP contribution is -2.57. The first-order chi connectivity index (χ1) is 7.19. The third-order valence-electron chi connectivity index (χ3n) is 2.32. The van der Waals surface area contributed by atoms with Crippen LogP contribution < -0.4 is 0 Å². The van der Waals surface area contributed by atoms with Crippen molar-refractivity contribution < 1.29 is 19.7 Å². The van der Waals surface area contributed by atoms with Crippen molar-refractivity contribution in [2.24, 2.45) is 10.4 Å². The number of ether oxygens (including phenoxy) is 2. The topological polar surface area (TPSA) is 118 Å². The molecule has 8 heteroatoms. The van der Waals surface area contributed by atoms with Gasteiger partial charge in [-0.25, -0.2) is 0 Å². The minimum atomic E-state index is -1.36. The monoisotopic (exact) mass is 220 g/mol. The molecule has 0 unspecified atom stereocenters. The van der Waals surface area contributed by atoms with E-state index in [9.17, 15) is 14.9 Å². The molecule has 0 radical (unpaired) electrons. The predicted octanol–water partition coefficient (Wildman–Crippen LogP) is -1.02. The first kappa shape index (κ1) is 12.1. The first-order valence-corrected chi connectivity index (χ1v) is 4.31. The van der Waals surface area contributed by atoms with Crippen LogP contribution in [0.2, 0.25) is 0 Å². The first-order valence-electron chi connectivity index (χ1n) is 4.31. The molecule has 1 heterocycles. The lowest BCUT2D eigenvalue weighted by atomic mass is 9.95. The average Bonchev–Trinajstić information content (AvgIpc) is 2.28. The summed E-state index contributed by atoms with van der Waals surface area (Å²) in [6, 6.07) is -2.47. The van der Waals surface area contributed by atoms with Gasteiger partial charge in [0.25, 0.3) is 0 Å². The summed E-state index contributed by atoms with van der Waals surface area (Å²) in [5, 5.41) is 23.7. The number of aliphatic hydroxyl groups is 2. The van der Waals surface area contributed by atoms with Crippen LogP contribution in [0, 0.1) is 9.81 Å². The van der Waals surface area contributed by atoms with E-state index < -0.39 is 37.2 Å². The van der Waals surface area contributed by atoms with E-state index in [4.69, 9.17) is 14.6 Å². The molecule has 0 aromatic carbocycles. The molecule has 0 spiro atoms. The van der Waals surface area contributed by atoms with Crippen LogP contribution >= 0.6 is 0 Å². The minimum Gasteiger partial charge on any atom is -0.394 e. The van der Waals surface area contributed by atoms with Crippen molar-refractivity contribution in [2.75, 3.05) is 13.7 Å². The van der Waals surface area contributed by atoms with Crippen molar-refractivity contribution in [3.8, 4) is 0 Å². The Hall–Kier alpha value is -0.960. The molecule has 0 aromatic heterocycles. The van der Waals surface area contributed by atoms with Gasteiger partial charge in [0.05, 0.1) is 6.61 Å². The van der Waals surface area contributed by atoms with Crippen molar-refractivity contribution in [1.29, 1.82) is 0 Å². The summed E-state index contributed by atoms with van der Waals surface area (Å²) < 4.78 is 9.75. The number of hydrogen-bond acceptors (Lipinski definition) is 8. The molecular formula is C7H12N2O6. The molecule has 2 N–H and O–H groups in total. The molecule has 1 fully saturated rings. The van der Waals surface area contributed by atoms with E-state index in [0.29, 0.717) is 0 Å². The van der Waals surface area contributed by atoms with Gasteiger partial charge in [-0.05, 0) is 0 Å². The fourth-order valence-electron chi connectivity index (χ4n) is 1.52. The van der Waals surface area contributed by atoms with Crippen molar-refractivity contribution in [3.05, 3.63) is 9.81 Å². The van der Waals surface area contributed by atoms with Crippen molar-refractivity contribution in [1.82, 2.24) is 0 Å². The van der Waals surface area contributed by atoms with Gasteiger partial charge in [0.2, 0.25) is 0 Å².